The fraction of sp³-hybridized carbons (Fsp3) is 0.600. The van der Waals surface area contributed by atoms with Gasteiger partial charge in [-0.25, -0.2) is 0 Å². The number of hydrogen-bond acceptors (Lipinski definition) is 2. The summed E-state index contributed by atoms with van der Waals surface area (Å²) in [5, 5.41) is 8.81. The average molecular weight is 233 g/mol. The van der Waals surface area contributed by atoms with E-state index in [-0.39, 0.29) is 6.61 Å². The molecule has 0 bridgehead atoms. The maximum atomic E-state index is 8.81. The molecule has 1 saturated heterocycles. The SMILES string of the molecule is OCCCc1ccc(N2CCCCCC2)cc1. The summed E-state index contributed by atoms with van der Waals surface area (Å²) in [6.45, 7) is 2.69. The van der Waals surface area contributed by atoms with Crippen LogP contribution in [0.1, 0.15) is 37.7 Å². The zero-order valence-corrected chi connectivity index (χ0v) is 10.6. The standard InChI is InChI=1S/C15H23NO/c17-13-5-6-14-7-9-15(10-8-14)16-11-3-1-2-4-12-16/h7-10,17H,1-6,11-13H2. The van der Waals surface area contributed by atoms with Gasteiger partial charge in [-0.2, -0.15) is 0 Å². The van der Waals surface area contributed by atoms with Crippen molar-refractivity contribution in [2.45, 2.75) is 38.5 Å². The van der Waals surface area contributed by atoms with Crippen molar-refractivity contribution < 1.29 is 5.11 Å². The Bertz CT molecular complexity index is 312. The first-order chi connectivity index (χ1) is 8.40. The first-order valence-electron chi connectivity index (χ1n) is 6.85. The van der Waals surface area contributed by atoms with Crippen molar-refractivity contribution in [3.63, 3.8) is 0 Å². The van der Waals surface area contributed by atoms with Crippen LogP contribution in [0.25, 0.3) is 0 Å². The number of anilines is 1. The van der Waals surface area contributed by atoms with Gasteiger partial charge in [0.15, 0.2) is 0 Å². The predicted molar refractivity (Wildman–Crippen MR) is 72.5 cm³/mol. The number of benzene rings is 1. The maximum absolute atomic E-state index is 8.81. The van der Waals surface area contributed by atoms with Crippen LogP contribution in [0.2, 0.25) is 0 Å². The molecule has 0 unspecified atom stereocenters. The van der Waals surface area contributed by atoms with Crippen LogP contribution in [0, 0.1) is 0 Å². The van der Waals surface area contributed by atoms with E-state index in [9.17, 15) is 0 Å². The second-order valence-corrected chi connectivity index (χ2v) is 4.89. The fourth-order valence-corrected chi connectivity index (χ4v) is 2.49. The largest absolute Gasteiger partial charge is 0.396 e. The lowest BCUT2D eigenvalue weighted by molar-refractivity contribution is 0.288. The Labute approximate surface area is 104 Å². The molecular weight excluding hydrogens is 210 g/mol. The molecule has 2 heteroatoms. The molecule has 94 valence electrons. The summed E-state index contributed by atoms with van der Waals surface area (Å²) in [5.41, 5.74) is 2.69. The molecule has 17 heavy (non-hydrogen) atoms. The van der Waals surface area contributed by atoms with Crippen molar-refractivity contribution in [1.29, 1.82) is 0 Å². The Balaban J connectivity index is 1.96. The Morgan fingerprint density at radius 3 is 2.18 bits per heavy atom. The number of aryl methyl sites for hydroxylation is 1. The van der Waals surface area contributed by atoms with Gasteiger partial charge >= 0.3 is 0 Å². The van der Waals surface area contributed by atoms with Crippen LogP contribution in [0.15, 0.2) is 24.3 Å². The van der Waals surface area contributed by atoms with Crippen molar-refractivity contribution in [3.05, 3.63) is 29.8 Å². The van der Waals surface area contributed by atoms with Gasteiger partial charge in [-0.15, -0.1) is 0 Å². The average Bonchev–Trinajstić information content (AvgIpc) is 2.66. The van der Waals surface area contributed by atoms with E-state index in [0.717, 1.165) is 12.8 Å². The van der Waals surface area contributed by atoms with Crippen LogP contribution in [-0.4, -0.2) is 24.8 Å². The maximum Gasteiger partial charge on any atom is 0.0434 e. The summed E-state index contributed by atoms with van der Waals surface area (Å²) in [5.74, 6) is 0. The normalized spacial score (nSPS) is 16.9. The molecule has 1 aliphatic rings. The molecule has 0 radical (unpaired) electrons. The molecule has 0 aromatic heterocycles. The summed E-state index contributed by atoms with van der Waals surface area (Å²) in [6, 6.07) is 8.88. The van der Waals surface area contributed by atoms with Gasteiger partial charge in [-0.1, -0.05) is 25.0 Å². The first-order valence-corrected chi connectivity index (χ1v) is 6.85. The third-order valence-electron chi connectivity index (χ3n) is 3.53. The van der Waals surface area contributed by atoms with Gasteiger partial charge in [0.05, 0.1) is 0 Å². The highest BCUT2D eigenvalue weighted by atomic mass is 16.2. The highest BCUT2D eigenvalue weighted by molar-refractivity contribution is 5.47. The Morgan fingerprint density at radius 2 is 1.59 bits per heavy atom. The highest BCUT2D eigenvalue weighted by Crippen LogP contribution is 2.20. The molecule has 0 aliphatic carbocycles. The fourth-order valence-electron chi connectivity index (χ4n) is 2.49. The Morgan fingerprint density at radius 1 is 0.941 bits per heavy atom. The molecule has 0 atom stereocenters. The van der Waals surface area contributed by atoms with Crippen LogP contribution >= 0.6 is 0 Å². The van der Waals surface area contributed by atoms with Crippen molar-refractivity contribution in [2.24, 2.45) is 0 Å². The molecule has 0 amide bonds. The quantitative estimate of drug-likeness (QED) is 0.864. The van der Waals surface area contributed by atoms with Crippen LogP contribution in [0.3, 0.4) is 0 Å². The molecule has 0 saturated carbocycles. The summed E-state index contributed by atoms with van der Waals surface area (Å²) in [7, 11) is 0. The van der Waals surface area contributed by atoms with Gasteiger partial charge in [0, 0.05) is 25.4 Å². The number of aliphatic hydroxyl groups excluding tert-OH is 1. The molecule has 2 nitrogen and oxygen atoms in total. The topological polar surface area (TPSA) is 23.5 Å². The smallest absolute Gasteiger partial charge is 0.0434 e. The summed E-state index contributed by atoms with van der Waals surface area (Å²) >= 11 is 0. The number of rotatable bonds is 4. The molecule has 0 spiro atoms. The van der Waals surface area contributed by atoms with Crippen molar-refractivity contribution in [1.82, 2.24) is 0 Å². The van der Waals surface area contributed by atoms with Gasteiger partial charge in [-0.3, -0.25) is 0 Å². The summed E-state index contributed by atoms with van der Waals surface area (Å²) in [6.07, 6.45) is 7.26. The third kappa shape index (κ3) is 3.74. The van der Waals surface area contributed by atoms with E-state index in [1.54, 1.807) is 0 Å². The van der Waals surface area contributed by atoms with E-state index in [0.29, 0.717) is 0 Å². The number of aliphatic hydroxyl groups is 1. The van der Waals surface area contributed by atoms with E-state index in [2.05, 4.69) is 29.2 Å². The minimum absolute atomic E-state index is 0.286. The monoisotopic (exact) mass is 233 g/mol. The Hall–Kier alpha value is -1.02. The Kier molecular flexibility index (Phi) is 4.87. The second kappa shape index (κ2) is 6.65. The van der Waals surface area contributed by atoms with E-state index in [1.165, 1.54) is 50.0 Å². The number of hydrogen-bond donors (Lipinski definition) is 1. The second-order valence-electron chi connectivity index (χ2n) is 4.89. The predicted octanol–water partition coefficient (Wildman–Crippen LogP) is 2.99. The summed E-state index contributed by atoms with van der Waals surface area (Å²) in [4.78, 5) is 2.50. The lowest BCUT2D eigenvalue weighted by atomic mass is 10.1. The summed E-state index contributed by atoms with van der Waals surface area (Å²) < 4.78 is 0. The molecule has 1 heterocycles. The lowest BCUT2D eigenvalue weighted by Gasteiger charge is -2.22. The van der Waals surface area contributed by atoms with E-state index in [1.807, 2.05) is 0 Å². The molecule has 1 aliphatic heterocycles. The van der Waals surface area contributed by atoms with Gasteiger partial charge in [0.25, 0.3) is 0 Å². The van der Waals surface area contributed by atoms with Gasteiger partial charge in [0.2, 0.25) is 0 Å². The lowest BCUT2D eigenvalue weighted by Crippen LogP contribution is -2.23. The van der Waals surface area contributed by atoms with Gasteiger partial charge in [0.1, 0.15) is 0 Å². The zero-order valence-electron chi connectivity index (χ0n) is 10.6. The minimum atomic E-state index is 0.286. The molecule has 1 N–H and O–H groups in total. The molecule has 1 aromatic rings. The van der Waals surface area contributed by atoms with E-state index < -0.39 is 0 Å². The zero-order chi connectivity index (χ0) is 11.9. The third-order valence-corrected chi connectivity index (χ3v) is 3.53. The van der Waals surface area contributed by atoms with Gasteiger partial charge in [-0.05, 0) is 43.4 Å². The molecular formula is C15H23NO. The molecule has 2 rings (SSSR count). The minimum Gasteiger partial charge on any atom is -0.396 e. The van der Waals surface area contributed by atoms with Crippen molar-refractivity contribution in [3.8, 4) is 0 Å². The van der Waals surface area contributed by atoms with E-state index in [4.69, 9.17) is 5.11 Å². The van der Waals surface area contributed by atoms with Crippen molar-refractivity contribution in [2.75, 3.05) is 24.6 Å². The van der Waals surface area contributed by atoms with Crippen LogP contribution in [0.4, 0.5) is 5.69 Å². The van der Waals surface area contributed by atoms with E-state index >= 15 is 0 Å². The number of nitrogens with zero attached hydrogens (tertiary/aromatic N) is 1. The van der Waals surface area contributed by atoms with Crippen LogP contribution in [-0.2, 0) is 6.42 Å². The molecule has 1 fully saturated rings. The van der Waals surface area contributed by atoms with Crippen LogP contribution in [0.5, 0.6) is 0 Å². The highest BCUT2D eigenvalue weighted by Gasteiger charge is 2.09. The van der Waals surface area contributed by atoms with Gasteiger partial charge < -0.3 is 10.0 Å². The van der Waals surface area contributed by atoms with Crippen LogP contribution < -0.4 is 4.90 Å². The van der Waals surface area contributed by atoms with Crippen molar-refractivity contribution >= 4 is 5.69 Å². The molecule has 1 aromatic carbocycles. The first kappa shape index (κ1) is 12.4.